The smallest absolute Gasteiger partial charge is 0.260 e. The van der Waals surface area contributed by atoms with Crippen LogP contribution in [0.15, 0.2) is 10.6 Å². The van der Waals surface area contributed by atoms with Crippen molar-refractivity contribution in [1.29, 1.82) is 0 Å². The molecule has 1 saturated carbocycles. The Kier molecular flexibility index (Phi) is 3.10. The molecule has 0 radical (unpaired) electrons. The van der Waals surface area contributed by atoms with E-state index in [4.69, 9.17) is 33.5 Å². The number of rotatable bonds is 2. The van der Waals surface area contributed by atoms with Crippen LogP contribution in [-0.2, 0) is 5.54 Å². The van der Waals surface area contributed by atoms with Crippen LogP contribution in [0.2, 0.25) is 8.67 Å². The van der Waals surface area contributed by atoms with Crippen LogP contribution in [0.25, 0.3) is 11.5 Å². The number of nitrogens with zero attached hydrogens (tertiary/aromatic N) is 2. The monoisotopic (exact) mass is 303 g/mol. The van der Waals surface area contributed by atoms with Crippen LogP contribution in [0.4, 0.5) is 0 Å². The van der Waals surface area contributed by atoms with E-state index < -0.39 is 5.54 Å². The van der Waals surface area contributed by atoms with Gasteiger partial charge in [0.05, 0.1) is 15.4 Å². The predicted molar refractivity (Wildman–Crippen MR) is 72.0 cm³/mol. The highest BCUT2D eigenvalue weighted by atomic mass is 35.5. The van der Waals surface area contributed by atoms with Gasteiger partial charge < -0.3 is 10.3 Å². The second-order valence-electron chi connectivity index (χ2n) is 4.52. The van der Waals surface area contributed by atoms with Gasteiger partial charge in [0.25, 0.3) is 5.89 Å². The summed E-state index contributed by atoms with van der Waals surface area (Å²) in [7, 11) is 0. The Morgan fingerprint density at radius 3 is 2.67 bits per heavy atom. The van der Waals surface area contributed by atoms with Crippen LogP contribution in [0.1, 0.15) is 31.5 Å². The van der Waals surface area contributed by atoms with Crippen LogP contribution < -0.4 is 5.73 Å². The van der Waals surface area contributed by atoms with E-state index in [-0.39, 0.29) is 0 Å². The van der Waals surface area contributed by atoms with Gasteiger partial charge in [0, 0.05) is 0 Å². The number of hydrogen-bond acceptors (Lipinski definition) is 5. The standard InChI is InChI=1S/C11H11Cl2N3OS/c12-7-5-6(8(13)18-7)9-15-10(16-17-9)11(14)3-1-2-4-11/h5H,1-4,14H2. The zero-order valence-electron chi connectivity index (χ0n) is 9.45. The molecule has 0 atom stereocenters. The Labute approximate surface area is 118 Å². The molecule has 96 valence electrons. The van der Waals surface area contributed by atoms with Crippen molar-refractivity contribution in [3.8, 4) is 11.5 Å². The fourth-order valence-electron chi connectivity index (χ4n) is 2.25. The lowest BCUT2D eigenvalue weighted by atomic mass is 9.99. The third-order valence-electron chi connectivity index (χ3n) is 3.25. The fourth-order valence-corrected chi connectivity index (χ4v) is 3.70. The average molecular weight is 304 g/mol. The molecular formula is C11H11Cl2N3OS. The molecule has 2 N–H and O–H groups in total. The van der Waals surface area contributed by atoms with E-state index in [0.29, 0.717) is 26.0 Å². The average Bonchev–Trinajstić information content (AvgIpc) is 2.99. The van der Waals surface area contributed by atoms with Crippen molar-refractivity contribution in [2.24, 2.45) is 5.73 Å². The summed E-state index contributed by atoms with van der Waals surface area (Å²) in [6.07, 6.45) is 3.99. The maximum absolute atomic E-state index is 6.27. The largest absolute Gasteiger partial charge is 0.334 e. The summed E-state index contributed by atoms with van der Waals surface area (Å²) >= 11 is 13.2. The summed E-state index contributed by atoms with van der Waals surface area (Å²) in [6.45, 7) is 0. The maximum Gasteiger partial charge on any atom is 0.260 e. The molecule has 0 spiro atoms. The SMILES string of the molecule is NC1(c2noc(-c3cc(Cl)sc3Cl)n2)CCCC1. The first-order valence-electron chi connectivity index (χ1n) is 5.67. The predicted octanol–water partition coefficient (Wildman–Crippen LogP) is 3.83. The van der Waals surface area contributed by atoms with Crippen LogP contribution in [0, 0.1) is 0 Å². The van der Waals surface area contributed by atoms with Crippen LogP contribution in [0.5, 0.6) is 0 Å². The molecular weight excluding hydrogens is 293 g/mol. The Bertz CT molecular complexity index is 575. The van der Waals surface area contributed by atoms with Gasteiger partial charge in [-0.25, -0.2) is 0 Å². The van der Waals surface area contributed by atoms with E-state index in [1.165, 1.54) is 11.3 Å². The van der Waals surface area contributed by atoms with Gasteiger partial charge in [0.2, 0.25) is 0 Å². The minimum atomic E-state index is -0.450. The van der Waals surface area contributed by atoms with Gasteiger partial charge in [-0.3, -0.25) is 0 Å². The lowest BCUT2D eigenvalue weighted by molar-refractivity contribution is 0.372. The molecule has 2 heterocycles. The zero-order valence-corrected chi connectivity index (χ0v) is 11.8. The quantitative estimate of drug-likeness (QED) is 0.915. The van der Waals surface area contributed by atoms with E-state index in [9.17, 15) is 0 Å². The highest BCUT2D eigenvalue weighted by Gasteiger charge is 2.36. The number of halogens is 2. The van der Waals surface area contributed by atoms with Crippen molar-refractivity contribution in [3.05, 3.63) is 20.6 Å². The van der Waals surface area contributed by atoms with E-state index in [0.717, 1.165) is 25.7 Å². The lowest BCUT2D eigenvalue weighted by Crippen LogP contribution is -2.34. The van der Waals surface area contributed by atoms with Gasteiger partial charge in [0.15, 0.2) is 5.82 Å². The molecule has 0 saturated heterocycles. The van der Waals surface area contributed by atoms with Crippen LogP contribution in [0.3, 0.4) is 0 Å². The van der Waals surface area contributed by atoms with E-state index >= 15 is 0 Å². The molecule has 4 nitrogen and oxygen atoms in total. The molecule has 18 heavy (non-hydrogen) atoms. The fraction of sp³-hybridized carbons (Fsp3) is 0.455. The normalized spacial score (nSPS) is 18.4. The third kappa shape index (κ3) is 2.05. The van der Waals surface area contributed by atoms with Crippen molar-refractivity contribution >= 4 is 34.5 Å². The van der Waals surface area contributed by atoms with Crippen LogP contribution >= 0.6 is 34.5 Å². The highest BCUT2D eigenvalue weighted by molar-refractivity contribution is 7.20. The van der Waals surface area contributed by atoms with Gasteiger partial charge in [0.1, 0.15) is 4.34 Å². The van der Waals surface area contributed by atoms with Gasteiger partial charge in [-0.15, -0.1) is 11.3 Å². The summed E-state index contributed by atoms with van der Waals surface area (Å²) in [5.74, 6) is 0.947. The molecule has 0 aromatic carbocycles. The Hall–Kier alpha value is -0.620. The number of nitrogens with two attached hydrogens (primary N) is 1. The molecule has 0 unspecified atom stereocenters. The van der Waals surface area contributed by atoms with Crippen molar-refractivity contribution in [3.63, 3.8) is 0 Å². The molecule has 2 aromatic rings. The Morgan fingerprint density at radius 2 is 2.06 bits per heavy atom. The summed E-state index contributed by atoms with van der Waals surface area (Å²) in [4.78, 5) is 4.37. The molecule has 1 aliphatic carbocycles. The van der Waals surface area contributed by atoms with E-state index in [2.05, 4.69) is 10.1 Å². The first-order chi connectivity index (χ1) is 8.58. The van der Waals surface area contributed by atoms with Crippen LogP contribution in [-0.4, -0.2) is 10.1 Å². The van der Waals surface area contributed by atoms with Crippen molar-refractivity contribution in [1.82, 2.24) is 10.1 Å². The first kappa shape index (κ1) is 12.4. The first-order valence-corrected chi connectivity index (χ1v) is 7.24. The summed E-state index contributed by atoms with van der Waals surface area (Å²) in [5.41, 5.74) is 6.50. The molecule has 0 amide bonds. The Morgan fingerprint density at radius 1 is 1.33 bits per heavy atom. The topological polar surface area (TPSA) is 64.9 Å². The second-order valence-corrected chi connectivity index (χ2v) is 6.81. The number of hydrogen-bond donors (Lipinski definition) is 1. The van der Waals surface area contributed by atoms with Crippen molar-refractivity contribution in [2.75, 3.05) is 0 Å². The lowest BCUT2D eigenvalue weighted by Gasteiger charge is -2.17. The third-order valence-corrected chi connectivity index (χ3v) is 4.74. The van der Waals surface area contributed by atoms with Gasteiger partial charge in [-0.2, -0.15) is 4.98 Å². The van der Waals surface area contributed by atoms with Crippen molar-refractivity contribution in [2.45, 2.75) is 31.2 Å². The number of thiophene rings is 1. The summed E-state index contributed by atoms with van der Waals surface area (Å²) in [6, 6.07) is 1.73. The van der Waals surface area contributed by atoms with Crippen molar-refractivity contribution < 1.29 is 4.52 Å². The molecule has 0 bridgehead atoms. The van der Waals surface area contributed by atoms with E-state index in [1.807, 2.05) is 0 Å². The maximum atomic E-state index is 6.27. The number of aromatic nitrogens is 2. The molecule has 3 rings (SSSR count). The van der Waals surface area contributed by atoms with Gasteiger partial charge in [-0.1, -0.05) is 41.2 Å². The zero-order chi connectivity index (χ0) is 12.8. The summed E-state index contributed by atoms with van der Waals surface area (Å²) < 4.78 is 6.39. The van der Waals surface area contributed by atoms with Gasteiger partial charge >= 0.3 is 0 Å². The molecule has 0 aliphatic heterocycles. The molecule has 2 aromatic heterocycles. The highest BCUT2D eigenvalue weighted by Crippen LogP contribution is 2.39. The Balaban J connectivity index is 1.96. The molecule has 7 heteroatoms. The van der Waals surface area contributed by atoms with E-state index in [1.54, 1.807) is 6.07 Å². The minimum absolute atomic E-state index is 0.384. The molecule has 1 aliphatic rings. The summed E-state index contributed by atoms with van der Waals surface area (Å²) in [5, 5.41) is 3.99. The van der Waals surface area contributed by atoms with Gasteiger partial charge in [-0.05, 0) is 18.9 Å². The minimum Gasteiger partial charge on any atom is -0.334 e. The second kappa shape index (κ2) is 4.49. The molecule has 1 fully saturated rings.